The van der Waals surface area contributed by atoms with Crippen LogP contribution in [0.15, 0.2) is 36.4 Å². The van der Waals surface area contributed by atoms with Crippen LogP contribution < -0.4 is 20.1 Å². The number of hydrogen-bond donors (Lipinski definition) is 1. The fourth-order valence-electron chi connectivity index (χ4n) is 2.45. The van der Waals surface area contributed by atoms with Gasteiger partial charge in [-0.15, -0.1) is 0 Å². The van der Waals surface area contributed by atoms with E-state index < -0.39 is 0 Å². The maximum absolute atomic E-state index is 6.21. The van der Waals surface area contributed by atoms with Gasteiger partial charge in [-0.25, -0.2) is 0 Å². The molecule has 2 aromatic rings. The second kappa shape index (κ2) is 6.39. The van der Waals surface area contributed by atoms with Gasteiger partial charge in [-0.05, 0) is 25.5 Å². The summed E-state index contributed by atoms with van der Waals surface area (Å²) in [5, 5.41) is 0. The van der Waals surface area contributed by atoms with Crippen molar-refractivity contribution in [3.8, 4) is 11.5 Å². The molecule has 0 bridgehead atoms. The molecule has 0 saturated carbocycles. The van der Waals surface area contributed by atoms with E-state index >= 15 is 0 Å². The Labute approximate surface area is 126 Å². The van der Waals surface area contributed by atoms with Crippen molar-refractivity contribution < 1.29 is 9.47 Å². The Hall–Kier alpha value is -2.36. The summed E-state index contributed by atoms with van der Waals surface area (Å²) in [6.07, 6.45) is 0. The van der Waals surface area contributed by atoms with Gasteiger partial charge in [0.2, 0.25) is 0 Å². The number of benzene rings is 2. The molecule has 21 heavy (non-hydrogen) atoms. The SMILES string of the molecule is CCN(c1ccccc1C)c1cc(OC)c(OC)cc1N. The van der Waals surface area contributed by atoms with Gasteiger partial charge in [-0.1, -0.05) is 18.2 Å². The maximum Gasteiger partial charge on any atom is 0.162 e. The number of para-hydroxylation sites is 1. The molecule has 0 aliphatic carbocycles. The molecule has 4 heteroatoms. The van der Waals surface area contributed by atoms with E-state index in [1.165, 1.54) is 5.56 Å². The molecule has 0 unspecified atom stereocenters. The van der Waals surface area contributed by atoms with Crippen LogP contribution in [-0.4, -0.2) is 20.8 Å². The predicted octanol–water partition coefficient (Wildman–Crippen LogP) is 3.75. The van der Waals surface area contributed by atoms with E-state index in [0.29, 0.717) is 17.2 Å². The molecule has 2 N–H and O–H groups in total. The molecule has 0 fully saturated rings. The number of aryl methyl sites for hydroxylation is 1. The zero-order chi connectivity index (χ0) is 15.4. The Morgan fingerprint density at radius 3 is 2.19 bits per heavy atom. The fourth-order valence-corrected chi connectivity index (χ4v) is 2.45. The second-order valence-electron chi connectivity index (χ2n) is 4.80. The topological polar surface area (TPSA) is 47.7 Å². The van der Waals surface area contributed by atoms with Crippen LogP contribution in [0.5, 0.6) is 11.5 Å². The number of rotatable bonds is 5. The van der Waals surface area contributed by atoms with Gasteiger partial charge in [-0.2, -0.15) is 0 Å². The minimum Gasteiger partial charge on any atom is -0.493 e. The first-order valence-electron chi connectivity index (χ1n) is 6.97. The molecular formula is C17H22N2O2. The summed E-state index contributed by atoms with van der Waals surface area (Å²) in [4.78, 5) is 2.17. The van der Waals surface area contributed by atoms with E-state index in [4.69, 9.17) is 15.2 Å². The van der Waals surface area contributed by atoms with Crippen LogP contribution in [0.1, 0.15) is 12.5 Å². The second-order valence-corrected chi connectivity index (χ2v) is 4.80. The Balaban J connectivity index is 2.55. The number of methoxy groups -OCH3 is 2. The largest absolute Gasteiger partial charge is 0.493 e. The van der Waals surface area contributed by atoms with Gasteiger partial charge in [0.25, 0.3) is 0 Å². The lowest BCUT2D eigenvalue weighted by atomic mass is 10.1. The molecule has 0 aromatic heterocycles. The lowest BCUT2D eigenvalue weighted by Crippen LogP contribution is -2.18. The van der Waals surface area contributed by atoms with Gasteiger partial charge < -0.3 is 20.1 Å². The minimum atomic E-state index is 0.639. The van der Waals surface area contributed by atoms with Crippen LogP contribution in [0.25, 0.3) is 0 Å². The molecular weight excluding hydrogens is 264 g/mol. The molecule has 2 aromatic carbocycles. The summed E-state index contributed by atoms with van der Waals surface area (Å²) >= 11 is 0. The summed E-state index contributed by atoms with van der Waals surface area (Å²) < 4.78 is 10.7. The summed E-state index contributed by atoms with van der Waals surface area (Å²) in [5.74, 6) is 1.31. The Bertz CT molecular complexity index is 626. The van der Waals surface area contributed by atoms with Crippen molar-refractivity contribution in [1.29, 1.82) is 0 Å². The van der Waals surface area contributed by atoms with Crippen molar-refractivity contribution in [2.24, 2.45) is 0 Å². The van der Waals surface area contributed by atoms with Crippen LogP contribution in [-0.2, 0) is 0 Å². The maximum atomic E-state index is 6.21. The van der Waals surface area contributed by atoms with E-state index in [9.17, 15) is 0 Å². The third-order valence-electron chi connectivity index (χ3n) is 3.55. The number of ether oxygens (including phenoxy) is 2. The van der Waals surface area contributed by atoms with E-state index in [-0.39, 0.29) is 0 Å². The molecule has 0 heterocycles. The molecule has 4 nitrogen and oxygen atoms in total. The third-order valence-corrected chi connectivity index (χ3v) is 3.55. The molecule has 0 aliphatic heterocycles. The number of nitrogens with zero attached hydrogens (tertiary/aromatic N) is 1. The van der Waals surface area contributed by atoms with Crippen molar-refractivity contribution in [2.45, 2.75) is 13.8 Å². The molecule has 2 rings (SSSR count). The first kappa shape index (κ1) is 15.0. The average molecular weight is 286 g/mol. The van der Waals surface area contributed by atoms with Crippen molar-refractivity contribution in [3.63, 3.8) is 0 Å². The van der Waals surface area contributed by atoms with Gasteiger partial charge in [0.1, 0.15) is 0 Å². The van der Waals surface area contributed by atoms with Gasteiger partial charge in [0.15, 0.2) is 11.5 Å². The molecule has 112 valence electrons. The monoisotopic (exact) mass is 286 g/mol. The lowest BCUT2D eigenvalue weighted by molar-refractivity contribution is 0.355. The summed E-state index contributed by atoms with van der Waals surface area (Å²) in [6.45, 7) is 5.00. The van der Waals surface area contributed by atoms with E-state index in [1.807, 2.05) is 18.2 Å². The molecule has 0 aliphatic rings. The van der Waals surface area contributed by atoms with Crippen molar-refractivity contribution in [1.82, 2.24) is 0 Å². The number of hydrogen-bond acceptors (Lipinski definition) is 4. The molecule has 0 amide bonds. The van der Waals surface area contributed by atoms with Crippen LogP contribution in [0, 0.1) is 6.92 Å². The van der Waals surface area contributed by atoms with E-state index in [1.54, 1.807) is 20.3 Å². The first-order chi connectivity index (χ1) is 10.1. The Kier molecular flexibility index (Phi) is 4.58. The zero-order valence-corrected chi connectivity index (χ0v) is 13.0. The smallest absolute Gasteiger partial charge is 0.162 e. The van der Waals surface area contributed by atoms with Gasteiger partial charge in [0, 0.05) is 24.4 Å². The minimum absolute atomic E-state index is 0.639. The summed E-state index contributed by atoms with van der Waals surface area (Å²) in [6, 6.07) is 12.0. The quantitative estimate of drug-likeness (QED) is 0.850. The summed E-state index contributed by atoms with van der Waals surface area (Å²) in [7, 11) is 3.23. The van der Waals surface area contributed by atoms with Crippen molar-refractivity contribution in [3.05, 3.63) is 42.0 Å². The summed E-state index contributed by atoms with van der Waals surface area (Å²) in [5.41, 5.74) is 10.1. The molecule has 0 atom stereocenters. The van der Waals surface area contributed by atoms with Crippen molar-refractivity contribution >= 4 is 17.1 Å². The van der Waals surface area contributed by atoms with Crippen molar-refractivity contribution in [2.75, 3.05) is 31.4 Å². The Morgan fingerprint density at radius 1 is 1.00 bits per heavy atom. The van der Waals surface area contributed by atoms with Crippen LogP contribution in [0.4, 0.5) is 17.1 Å². The lowest BCUT2D eigenvalue weighted by Gasteiger charge is -2.27. The number of nitrogen functional groups attached to an aromatic ring is 1. The average Bonchev–Trinajstić information content (AvgIpc) is 2.50. The molecule has 0 spiro atoms. The van der Waals surface area contributed by atoms with Crippen LogP contribution in [0.3, 0.4) is 0 Å². The molecule has 0 radical (unpaired) electrons. The number of anilines is 3. The highest BCUT2D eigenvalue weighted by Crippen LogP contribution is 2.39. The van der Waals surface area contributed by atoms with Crippen LogP contribution in [0.2, 0.25) is 0 Å². The zero-order valence-electron chi connectivity index (χ0n) is 13.0. The first-order valence-corrected chi connectivity index (χ1v) is 6.97. The highest BCUT2D eigenvalue weighted by molar-refractivity contribution is 5.79. The van der Waals surface area contributed by atoms with Gasteiger partial charge in [-0.3, -0.25) is 0 Å². The fraction of sp³-hybridized carbons (Fsp3) is 0.294. The van der Waals surface area contributed by atoms with E-state index in [2.05, 4.69) is 30.9 Å². The van der Waals surface area contributed by atoms with Gasteiger partial charge in [0.05, 0.1) is 25.6 Å². The van der Waals surface area contributed by atoms with Crippen LogP contribution >= 0.6 is 0 Å². The third kappa shape index (κ3) is 2.89. The number of nitrogens with two attached hydrogens (primary N) is 1. The Morgan fingerprint density at radius 2 is 1.62 bits per heavy atom. The highest BCUT2D eigenvalue weighted by atomic mass is 16.5. The normalized spacial score (nSPS) is 10.3. The van der Waals surface area contributed by atoms with Gasteiger partial charge >= 0.3 is 0 Å². The highest BCUT2D eigenvalue weighted by Gasteiger charge is 2.16. The predicted molar refractivity (Wildman–Crippen MR) is 87.8 cm³/mol. The van der Waals surface area contributed by atoms with E-state index in [0.717, 1.165) is 17.9 Å². The standard InChI is InChI=1S/C17H22N2O2/c1-5-19(14-9-7-6-8-12(14)2)15-11-17(21-4)16(20-3)10-13(15)18/h6-11H,5,18H2,1-4H3. The molecule has 0 saturated heterocycles.